The van der Waals surface area contributed by atoms with Crippen LogP contribution in [0.1, 0.15) is 46.6 Å². The maximum absolute atomic E-state index is 13.4. The summed E-state index contributed by atoms with van der Waals surface area (Å²) in [5.74, 6) is 0.406. The van der Waals surface area contributed by atoms with E-state index in [0.717, 1.165) is 36.2 Å². The number of benzene rings is 1. The number of hydrogen-bond acceptors (Lipinski definition) is 4. The number of nitrogens with one attached hydrogen (secondary N) is 1. The second-order valence-corrected chi connectivity index (χ2v) is 8.65. The number of amides is 2. The van der Waals surface area contributed by atoms with Gasteiger partial charge in [0.15, 0.2) is 5.69 Å². The van der Waals surface area contributed by atoms with Gasteiger partial charge in [0.25, 0.3) is 5.91 Å². The molecule has 2 aromatic heterocycles. The van der Waals surface area contributed by atoms with Crippen molar-refractivity contribution < 1.29 is 9.59 Å². The molecule has 0 saturated carbocycles. The molecule has 3 aromatic rings. The highest BCUT2D eigenvalue weighted by molar-refractivity contribution is 5.95. The summed E-state index contributed by atoms with van der Waals surface area (Å²) in [7, 11) is 0. The van der Waals surface area contributed by atoms with Crippen molar-refractivity contribution in [2.24, 2.45) is 5.92 Å². The van der Waals surface area contributed by atoms with E-state index >= 15 is 0 Å². The Hall–Kier alpha value is -3.48. The molecule has 1 fully saturated rings. The number of carbonyl (C=O) groups is 2. The fourth-order valence-corrected chi connectivity index (χ4v) is 4.67. The summed E-state index contributed by atoms with van der Waals surface area (Å²) in [6.07, 6.45) is 5.83. The number of pyridine rings is 1. The van der Waals surface area contributed by atoms with E-state index in [4.69, 9.17) is 5.10 Å². The fourth-order valence-electron chi connectivity index (χ4n) is 4.67. The van der Waals surface area contributed by atoms with Crippen molar-refractivity contribution in [3.05, 3.63) is 71.2 Å². The van der Waals surface area contributed by atoms with Crippen molar-refractivity contribution in [3.8, 4) is 5.69 Å². The molecule has 0 bridgehead atoms. The summed E-state index contributed by atoms with van der Waals surface area (Å²) in [5, 5.41) is 7.63. The molecule has 0 spiro atoms. The molecule has 2 aliphatic rings. The van der Waals surface area contributed by atoms with Gasteiger partial charge in [0, 0.05) is 36.5 Å². The molecule has 32 heavy (non-hydrogen) atoms. The average Bonchev–Trinajstić information content (AvgIpc) is 3.43. The molecule has 1 aromatic carbocycles. The Morgan fingerprint density at radius 2 is 1.81 bits per heavy atom. The van der Waals surface area contributed by atoms with E-state index in [1.165, 1.54) is 5.56 Å². The molecular weight excluding hydrogens is 402 g/mol. The van der Waals surface area contributed by atoms with E-state index in [1.54, 1.807) is 12.3 Å². The van der Waals surface area contributed by atoms with Gasteiger partial charge in [-0.3, -0.25) is 9.59 Å². The van der Waals surface area contributed by atoms with E-state index in [-0.39, 0.29) is 17.7 Å². The van der Waals surface area contributed by atoms with Gasteiger partial charge in [0.1, 0.15) is 5.82 Å². The Balaban J connectivity index is 1.28. The van der Waals surface area contributed by atoms with Gasteiger partial charge in [-0.2, -0.15) is 5.10 Å². The zero-order valence-electron chi connectivity index (χ0n) is 18.3. The van der Waals surface area contributed by atoms with Crippen molar-refractivity contribution in [2.45, 2.75) is 39.0 Å². The highest BCUT2D eigenvalue weighted by Crippen LogP contribution is 2.30. The van der Waals surface area contributed by atoms with Gasteiger partial charge in [-0.15, -0.1) is 0 Å². The molecule has 1 N–H and O–H groups in total. The monoisotopic (exact) mass is 429 g/mol. The van der Waals surface area contributed by atoms with Crippen LogP contribution >= 0.6 is 0 Å². The number of nitrogens with zero attached hydrogens (tertiary/aromatic N) is 4. The number of aryl methyl sites for hydroxylation is 1. The third-order valence-electron chi connectivity index (χ3n) is 6.48. The first-order chi connectivity index (χ1) is 15.6. The van der Waals surface area contributed by atoms with Gasteiger partial charge in [-0.05, 0) is 63.3 Å². The number of carbonyl (C=O) groups excluding carboxylic acids is 2. The summed E-state index contributed by atoms with van der Waals surface area (Å²) in [5.41, 5.74) is 5.02. The quantitative estimate of drug-likeness (QED) is 0.688. The Morgan fingerprint density at radius 1 is 1.03 bits per heavy atom. The molecule has 2 amide bonds. The molecule has 5 rings (SSSR count). The predicted molar refractivity (Wildman–Crippen MR) is 122 cm³/mol. The smallest absolute Gasteiger partial charge is 0.274 e. The highest BCUT2D eigenvalue weighted by Gasteiger charge is 2.33. The number of anilines is 1. The molecule has 3 heterocycles. The Kier molecular flexibility index (Phi) is 5.47. The number of fused-ring (bicyclic) bond motifs is 1. The van der Waals surface area contributed by atoms with Crippen LogP contribution in [0.15, 0.2) is 48.7 Å². The molecule has 0 radical (unpaired) electrons. The summed E-state index contributed by atoms with van der Waals surface area (Å²) < 4.78 is 1.95. The highest BCUT2D eigenvalue weighted by atomic mass is 16.2. The normalized spacial score (nSPS) is 16.1. The lowest BCUT2D eigenvalue weighted by Gasteiger charge is -2.31. The van der Waals surface area contributed by atoms with Crippen LogP contribution in [0.5, 0.6) is 0 Å². The van der Waals surface area contributed by atoms with E-state index < -0.39 is 0 Å². The lowest BCUT2D eigenvalue weighted by atomic mass is 9.95. The summed E-state index contributed by atoms with van der Waals surface area (Å²) >= 11 is 0. The maximum atomic E-state index is 13.4. The minimum atomic E-state index is -0.114. The zero-order chi connectivity index (χ0) is 22.1. The zero-order valence-corrected chi connectivity index (χ0v) is 18.3. The number of likely N-dealkylation sites (tertiary alicyclic amines) is 1. The molecule has 1 aliphatic carbocycles. The molecule has 7 heteroatoms. The van der Waals surface area contributed by atoms with Crippen molar-refractivity contribution in [2.75, 3.05) is 18.4 Å². The molecule has 164 valence electrons. The van der Waals surface area contributed by atoms with E-state index in [0.29, 0.717) is 37.4 Å². The largest absolute Gasteiger partial charge is 0.337 e. The Bertz CT molecular complexity index is 1130. The van der Waals surface area contributed by atoms with Gasteiger partial charge < -0.3 is 10.2 Å². The van der Waals surface area contributed by atoms with Crippen molar-refractivity contribution >= 4 is 17.6 Å². The van der Waals surface area contributed by atoms with Crippen LogP contribution in [-0.2, 0) is 17.6 Å². The van der Waals surface area contributed by atoms with Crippen LogP contribution in [0, 0.1) is 12.8 Å². The standard InChI is InChI=1S/C25H27N5O2/c1-17-8-10-19(11-9-17)30-21-6-4-5-20(21)23(28-30)25(32)29-15-12-18(13-16-29)24(31)27-22-7-2-3-14-26-22/h2-3,7-11,14,18H,4-6,12-13,15-16H2,1H3,(H,26,27,31). The molecule has 1 saturated heterocycles. The molecule has 0 atom stereocenters. The fraction of sp³-hybridized carbons (Fsp3) is 0.360. The first-order valence-electron chi connectivity index (χ1n) is 11.3. The van der Waals surface area contributed by atoms with Gasteiger partial charge in [-0.1, -0.05) is 23.8 Å². The lowest BCUT2D eigenvalue weighted by molar-refractivity contribution is -0.121. The minimum Gasteiger partial charge on any atom is -0.337 e. The van der Waals surface area contributed by atoms with Crippen LogP contribution in [0.4, 0.5) is 5.82 Å². The second-order valence-electron chi connectivity index (χ2n) is 8.65. The van der Waals surface area contributed by atoms with Gasteiger partial charge in [0.2, 0.25) is 5.91 Å². The minimum absolute atomic E-state index is 0.0161. The maximum Gasteiger partial charge on any atom is 0.274 e. The van der Waals surface area contributed by atoms with Crippen LogP contribution < -0.4 is 5.32 Å². The topological polar surface area (TPSA) is 80.1 Å². The molecular formula is C25H27N5O2. The molecule has 0 unspecified atom stereocenters. The summed E-state index contributed by atoms with van der Waals surface area (Å²) in [4.78, 5) is 32.0. The Morgan fingerprint density at radius 3 is 2.53 bits per heavy atom. The number of rotatable bonds is 4. The number of aromatic nitrogens is 3. The van der Waals surface area contributed by atoms with Crippen LogP contribution in [0.2, 0.25) is 0 Å². The van der Waals surface area contributed by atoms with E-state index in [9.17, 15) is 9.59 Å². The number of hydrogen-bond donors (Lipinski definition) is 1. The van der Waals surface area contributed by atoms with Crippen LogP contribution in [0.3, 0.4) is 0 Å². The first kappa shape index (κ1) is 20.4. The third-order valence-corrected chi connectivity index (χ3v) is 6.48. The van der Waals surface area contributed by atoms with Gasteiger partial charge >= 0.3 is 0 Å². The van der Waals surface area contributed by atoms with Crippen molar-refractivity contribution in [1.82, 2.24) is 19.7 Å². The summed E-state index contributed by atoms with van der Waals surface area (Å²) in [6, 6.07) is 13.7. The number of piperidine rings is 1. The first-order valence-corrected chi connectivity index (χ1v) is 11.3. The SMILES string of the molecule is Cc1ccc(-n2nc(C(=O)N3CCC(C(=O)Nc4ccccn4)CC3)c3c2CCC3)cc1. The van der Waals surface area contributed by atoms with Crippen molar-refractivity contribution in [1.29, 1.82) is 0 Å². The van der Waals surface area contributed by atoms with Gasteiger partial charge in [0.05, 0.1) is 5.69 Å². The predicted octanol–water partition coefficient (Wildman–Crippen LogP) is 3.56. The molecule has 1 aliphatic heterocycles. The van der Waals surface area contributed by atoms with E-state index in [2.05, 4.69) is 41.5 Å². The van der Waals surface area contributed by atoms with Crippen LogP contribution in [0.25, 0.3) is 5.69 Å². The second kappa shape index (κ2) is 8.57. The van der Waals surface area contributed by atoms with Crippen molar-refractivity contribution in [3.63, 3.8) is 0 Å². The van der Waals surface area contributed by atoms with E-state index in [1.807, 2.05) is 21.7 Å². The van der Waals surface area contributed by atoms with Gasteiger partial charge in [-0.25, -0.2) is 9.67 Å². The summed E-state index contributed by atoms with van der Waals surface area (Å²) in [6.45, 7) is 3.18. The average molecular weight is 430 g/mol. The lowest BCUT2D eigenvalue weighted by Crippen LogP contribution is -2.42. The van der Waals surface area contributed by atoms with Crippen LogP contribution in [-0.4, -0.2) is 44.6 Å². The molecule has 7 nitrogen and oxygen atoms in total. The third kappa shape index (κ3) is 3.90. The Labute approximate surface area is 187 Å².